The SMILES string of the molecule is Cc1cc(-c2nn(C3CCN(C(=O)OC(C)(C)C)CC3)c(C)c2Br)n(CCN(C)C)n1. The number of likely N-dealkylation sites (tertiary alicyclic amines) is 1. The molecule has 3 rings (SSSR count). The summed E-state index contributed by atoms with van der Waals surface area (Å²) in [5.41, 5.74) is 3.56. The zero-order valence-electron chi connectivity index (χ0n) is 19.8. The lowest BCUT2D eigenvalue weighted by Crippen LogP contribution is -2.42. The molecule has 9 heteroatoms. The van der Waals surface area contributed by atoms with Crippen molar-refractivity contribution in [2.75, 3.05) is 33.7 Å². The number of hydrogen-bond acceptors (Lipinski definition) is 5. The summed E-state index contributed by atoms with van der Waals surface area (Å²) in [6.07, 6.45) is 1.48. The van der Waals surface area contributed by atoms with E-state index in [-0.39, 0.29) is 12.1 Å². The molecule has 1 amide bonds. The van der Waals surface area contributed by atoms with Crippen molar-refractivity contribution in [1.29, 1.82) is 0 Å². The highest BCUT2D eigenvalue weighted by Crippen LogP contribution is 2.34. The second-order valence-electron chi connectivity index (χ2n) is 9.59. The summed E-state index contributed by atoms with van der Waals surface area (Å²) >= 11 is 3.78. The summed E-state index contributed by atoms with van der Waals surface area (Å²) in [5.74, 6) is 0. The molecule has 2 aromatic rings. The van der Waals surface area contributed by atoms with E-state index in [0.29, 0.717) is 13.1 Å². The first kappa shape index (κ1) is 23.8. The first-order chi connectivity index (χ1) is 14.5. The first-order valence-electron chi connectivity index (χ1n) is 10.9. The molecule has 1 saturated heterocycles. The van der Waals surface area contributed by atoms with Crippen LogP contribution in [0.1, 0.15) is 51.0 Å². The zero-order chi connectivity index (χ0) is 22.9. The molecule has 1 aliphatic rings. The summed E-state index contributed by atoms with van der Waals surface area (Å²) in [6.45, 7) is 12.9. The fraction of sp³-hybridized carbons (Fsp3) is 0.682. The number of nitrogens with zero attached hydrogens (tertiary/aromatic N) is 6. The molecule has 0 unspecified atom stereocenters. The Morgan fingerprint density at radius 2 is 1.87 bits per heavy atom. The summed E-state index contributed by atoms with van der Waals surface area (Å²) in [4.78, 5) is 16.3. The Hall–Kier alpha value is -1.87. The van der Waals surface area contributed by atoms with Gasteiger partial charge in [-0.2, -0.15) is 10.2 Å². The van der Waals surface area contributed by atoms with Crippen LogP contribution < -0.4 is 0 Å². The van der Waals surface area contributed by atoms with Crippen LogP contribution >= 0.6 is 15.9 Å². The van der Waals surface area contributed by atoms with E-state index in [9.17, 15) is 4.79 Å². The molecule has 0 spiro atoms. The monoisotopic (exact) mass is 494 g/mol. The van der Waals surface area contributed by atoms with E-state index < -0.39 is 5.60 Å². The Morgan fingerprint density at radius 3 is 2.45 bits per heavy atom. The molecule has 0 aromatic carbocycles. The topological polar surface area (TPSA) is 68.4 Å². The van der Waals surface area contributed by atoms with Gasteiger partial charge in [0.1, 0.15) is 11.3 Å². The minimum Gasteiger partial charge on any atom is -0.444 e. The first-order valence-corrected chi connectivity index (χ1v) is 11.7. The fourth-order valence-corrected chi connectivity index (χ4v) is 4.30. The maximum atomic E-state index is 12.4. The number of carbonyl (C=O) groups is 1. The van der Waals surface area contributed by atoms with E-state index in [2.05, 4.69) is 57.7 Å². The van der Waals surface area contributed by atoms with Gasteiger partial charge in [0.15, 0.2) is 0 Å². The van der Waals surface area contributed by atoms with Gasteiger partial charge < -0.3 is 14.5 Å². The van der Waals surface area contributed by atoms with Gasteiger partial charge in [0, 0.05) is 19.6 Å². The Labute approximate surface area is 193 Å². The van der Waals surface area contributed by atoms with Gasteiger partial charge in [-0.1, -0.05) is 0 Å². The van der Waals surface area contributed by atoms with E-state index in [1.807, 2.05) is 32.4 Å². The Kier molecular flexibility index (Phi) is 7.15. The van der Waals surface area contributed by atoms with Crippen LogP contribution in [0.4, 0.5) is 4.79 Å². The van der Waals surface area contributed by atoms with Crippen molar-refractivity contribution in [2.24, 2.45) is 0 Å². The lowest BCUT2D eigenvalue weighted by atomic mass is 10.1. The number of likely N-dealkylation sites (N-methyl/N-ethyl adjacent to an activating group) is 1. The van der Waals surface area contributed by atoms with Crippen molar-refractivity contribution < 1.29 is 9.53 Å². The molecule has 3 heterocycles. The van der Waals surface area contributed by atoms with Crippen molar-refractivity contribution in [3.05, 3.63) is 21.9 Å². The summed E-state index contributed by atoms with van der Waals surface area (Å²) in [7, 11) is 4.13. The van der Waals surface area contributed by atoms with E-state index >= 15 is 0 Å². The highest BCUT2D eigenvalue weighted by Gasteiger charge is 2.30. The molecule has 2 aromatic heterocycles. The molecule has 31 heavy (non-hydrogen) atoms. The average Bonchev–Trinajstić information content (AvgIpc) is 3.18. The number of carbonyl (C=O) groups excluding carboxylic acids is 1. The molecule has 0 N–H and O–H groups in total. The number of ether oxygens (including phenoxy) is 1. The van der Waals surface area contributed by atoms with Crippen LogP contribution in [-0.4, -0.2) is 74.8 Å². The van der Waals surface area contributed by atoms with Crippen LogP contribution in [0, 0.1) is 13.8 Å². The van der Waals surface area contributed by atoms with Gasteiger partial charge in [-0.15, -0.1) is 0 Å². The van der Waals surface area contributed by atoms with Crippen LogP contribution in [-0.2, 0) is 11.3 Å². The maximum absolute atomic E-state index is 12.4. The van der Waals surface area contributed by atoms with Crippen LogP contribution in [0.3, 0.4) is 0 Å². The molecule has 0 aliphatic carbocycles. The smallest absolute Gasteiger partial charge is 0.410 e. The number of amides is 1. The van der Waals surface area contributed by atoms with Crippen LogP contribution in [0.5, 0.6) is 0 Å². The predicted octanol–water partition coefficient (Wildman–Crippen LogP) is 4.26. The van der Waals surface area contributed by atoms with Gasteiger partial charge in [-0.25, -0.2) is 4.79 Å². The Bertz CT molecular complexity index is 919. The molecule has 0 bridgehead atoms. The molecule has 1 fully saturated rings. The van der Waals surface area contributed by atoms with Gasteiger partial charge in [0.05, 0.1) is 34.1 Å². The number of hydrogen-bond donors (Lipinski definition) is 0. The second-order valence-corrected chi connectivity index (χ2v) is 10.4. The quantitative estimate of drug-likeness (QED) is 0.620. The number of piperidine rings is 1. The number of halogens is 1. The number of aryl methyl sites for hydroxylation is 1. The zero-order valence-corrected chi connectivity index (χ0v) is 21.4. The molecule has 0 radical (unpaired) electrons. The third kappa shape index (κ3) is 5.68. The normalized spacial score (nSPS) is 15.7. The Morgan fingerprint density at radius 1 is 1.23 bits per heavy atom. The minimum atomic E-state index is -0.472. The van der Waals surface area contributed by atoms with Crippen molar-refractivity contribution in [1.82, 2.24) is 29.4 Å². The highest BCUT2D eigenvalue weighted by atomic mass is 79.9. The second kappa shape index (κ2) is 9.32. The van der Waals surface area contributed by atoms with E-state index in [1.54, 1.807) is 4.90 Å². The largest absolute Gasteiger partial charge is 0.444 e. The number of rotatable bonds is 5. The lowest BCUT2D eigenvalue weighted by molar-refractivity contribution is 0.0184. The molecule has 1 aliphatic heterocycles. The Balaban J connectivity index is 1.76. The predicted molar refractivity (Wildman–Crippen MR) is 125 cm³/mol. The summed E-state index contributed by atoms with van der Waals surface area (Å²) in [5, 5.41) is 9.67. The maximum Gasteiger partial charge on any atom is 0.410 e. The van der Waals surface area contributed by atoms with Gasteiger partial charge in [0.2, 0.25) is 0 Å². The average molecular weight is 495 g/mol. The lowest BCUT2D eigenvalue weighted by Gasteiger charge is -2.33. The number of aromatic nitrogens is 4. The highest BCUT2D eigenvalue weighted by molar-refractivity contribution is 9.10. The van der Waals surface area contributed by atoms with Crippen LogP contribution in [0.2, 0.25) is 0 Å². The summed E-state index contributed by atoms with van der Waals surface area (Å²) < 4.78 is 10.7. The van der Waals surface area contributed by atoms with Gasteiger partial charge in [-0.05, 0) is 83.6 Å². The van der Waals surface area contributed by atoms with Gasteiger partial charge in [-0.3, -0.25) is 9.36 Å². The molecule has 8 nitrogen and oxygen atoms in total. The molecule has 172 valence electrons. The van der Waals surface area contributed by atoms with Crippen molar-refractivity contribution >= 4 is 22.0 Å². The fourth-order valence-electron chi connectivity index (χ4n) is 3.84. The van der Waals surface area contributed by atoms with Crippen molar-refractivity contribution in [2.45, 2.75) is 65.6 Å². The van der Waals surface area contributed by atoms with Crippen LogP contribution in [0.25, 0.3) is 11.4 Å². The van der Waals surface area contributed by atoms with Crippen LogP contribution in [0.15, 0.2) is 10.5 Å². The molecular weight excluding hydrogens is 460 g/mol. The molecular formula is C22H35BrN6O2. The minimum absolute atomic E-state index is 0.231. The van der Waals surface area contributed by atoms with E-state index in [1.165, 1.54) is 0 Å². The summed E-state index contributed by atoms with van der Waals surface area (Å²) in [6, 6.07) is 2.35. The third-order valence-corrected chi connectivity index (χ3v) is 6.39. The van der Waals surface area contributed by atoms with E-state index in [4.69, 9.17) is 9.84 Å². The molecule has 0 atom stereocenters. The van der Waals surface area contributed by atoms with Crippen molar-refractivity contribution in [3.63, 3.8) is 0 Å². The van der Waals surface area contributed by atoms with E-state index in [0.717, 1.165) is 53.2 Å². The third-order valence-electron chi connectivity index (χ3n) is 5.44. The van der Waals surface area contributed by atoms with Gasteiger partial charge in [0.25, 0.3) is 0 Å². The van der Waals surface area contributed by atoms with Gasteiger partial charge >= 0.3 is 6.09 Å². The van der Waals surface area contributed by atoms with Crippen molar-refractivity contribution in [3.8, 4) is 11.4 Å². The molecule has 0 saturated carbocycles. The standard InChI is InChI=1S/C22H35BrN6O2/c1-15-14-18(28(24-15)13-12-26(6)7)20-19(23)16(2)29(25-20)17-8-10-27(11-9-17)21(30)31-22(3,4)5/h14,17H,8-13H2,1-7H3.